The lowest BCUT2D eigenvalue weighted by Gasteiger charge is -2.18. The molecule has 0 aliphatic carbocycles. The Morgan fingerprint density at radius 3 is 2.97 bits per heavy atom. The van der Waals surface area contributed by atoms with E-state index in [2.05, 4.69) is 41.5 Å². The number of Topliss-reactive ketones (excluding diaryl/α,β-unsaturated/α-hetero) is 1. The van der Waals surface area contributed by atoms with E-state index in [4.69, 9.17) is 21.3 Å². The number of carbonyl (C=O) groups is 1. The number of rotatable bonds is 7. The van der Waals surface area contributed by atoms with Crippen molar-refractivity contribution in [1.29, 1.82) is 0 Å². The van der Waals surface area contributed by atoms with Crippen molar-refractivity contribution >= 4 is 61.1 Å². The highest BCUT2D eigenvalue weighted by Gasteiger charge is 2.23. The maximum Gasteiger partial charge on any atom is 0.185 e. The monoisotopic (exact) mass is 526 g/mol. The number of imidazole rings is 1. The van der Waals surface area contributed by atoms with Gasteiger partial charge < -0.3 is 20.4 Å². The molecule has 2 atom stereocenters. The highest BCUT2D eigenvalue weighted by Crippen LogP contribution is 2.30. The maximum absolute atomic E-state index is 12.9. The molecule has 10 heteroatoms. The molecule has 0 spiro atoms. The van der Waals surface area contributed by atoms with Gasteiger partial charge in [0.15, 0.2) is 5.78 Å². The summed E-state index contributed by atoms with van der Waals surface area (Å²) in [5.41, 5.74) is 2.81. The highest BCUT2D eigenvalue weighted by atomic mass is 79.9. The molecule has 2 aromatic heterocycles. The molecule has 0 bridgehead atoms. The number of anilines is 1. The summed E-state index contributed by atoms with van der Waals surface area (Å²) in [5, 5.41) is 7.57. The van der Waals surface area contributed by atoms with Crippen LogP contribution in [0.1, 0.15) is 22.2 Å². The Balaban J connectivity index is 1.50. The van der Waals surface area contributed by atoms with E-state index in [1.54, 1.807) is 19.2 Å². The Morgan fingerprint density at radius 1 is 1.30 bits per heavy atom. The number of nitrogens with zero attached hydrogens (tertiary/aromatic N) is 3. The lowest BCUT2D eigenvalue weighted by atomic mass is 10.0. The van der Waals surface area contributed by atoms with E-state index in [0.717, 1.165) is 15.5 Å². The molecule has 2 unspecified atom stereocenters. The first kappa shape index (κ1) is 22.0. The molecule has 0 saturated heterocycles. The molecule has 33 heavy (non-hydrogen) atoms. The second kappa shape index (κ2) is 9.18. The summed E-state index contributed by atoms with van der Waals surface area (Å²) in [7, 11) is 1.63. The van der Waals surface area contributed by atoms with Gasteiger partial charge in [0.1, 0.15) is 24.0 Å². The van der Waals surface area contributed by atoms with Crippen LogP contribution in [0.2, 0.25) is 5.02 Å². The largest absolute Gasteiger partial charge is 0.382 e. The van der Waals surface area contributed by atoms with Crippen LogP contribution in [0.3, 0.4) is 0 Å². The minimum atomic E-state index is -0.376. The van der Waals surface area contributed by atoms with Gasteiger partial charge in [-0.3, -0.25) is 4.79 Å². The first-order valence-corrected chi connectivity index (χ1v) is 11.5. The smallest absolute Gasteiger partial charge is 0.185 e. The molecule has 1 aliphatic heterocycles. The van der Waals surface area contributed by atoms with Crippen LogP contribution in [0.25, 0.3) is 21.9 Å². The number of aromatic amines is 1. The van der Waals surface area contributed by atoms with E-state index in [-0.39, 0.29) is 17.9 Å². The van der Waals surface area contributed by atoms with Crippen LogP contribution in [0.4, 0.5) is 5.82 Å². The molecular weight excluding hydrogens is 508 g/mol. The van der Waals surface area contributed by atoms with Crippen LogP contribution < -0.4 is 10.6 Å². The van der Waals surface area contributed by atoms with Crippen LogP contribution in [0.15, 0.2) is 53.3 Å². The number of halogens is 2. The van der Waals surface area contributed by atoms with Crippen molar-refractivity contribution < 1.29 is 9.53 Å². The summed E-state index contributed by atoms with van der Waals surface area (Å²) in [6.07, 6.45) is 5.23. The molecule has 3 N–H and O–H groups in total. The Labute approximate surface area is 202 Å². The maximum atomic E-state index is 12.9. The normalized spacial score (nSPS) is 16.5. The van der Waals surface area contributed by atoms with Crippen LogP contribution in [-0.4, -0.2) is 52.0 Å². The number of aromatic nitrogens is 4. The molecule has 0 fully saturated rings. The summed E-state index contributed by atoms with van der Waals surface area (Å²) in [6, 6.07) is 8.64. The second-order valence-corrected chi connectivity index (χ2v) is 9.01. The third kappa shape index (κ3) is 4.37. The van der Waals surface area contributed by atoms with Crippen LogP contribution in [0, 0.1) is 0 Å². The summed E-state index contributed by atoms with van der Waals surface area (Å²) in [5.74, 6) is 1.20. The number of ketones is 1. The van der Waals surface area contributed by atoms with Gasteiger partial charge >= 0.3 is 0 Å². The summed E-state index contributed by atoms with van der Waals surface area (Å²) >= 11 is 10.0. The fourth-order valence-corrected chi connectivity index (χ4v) is 4.49. The van der Waals surface area contributed by atoms with Crippen molar-refractivity contribution in [3.63, 3.8) is 0 Å². The molecule has 8 nitrogen and oxygen atoms in total. The molecule has 0 saturated carbocycles. The SMILES string of the molecule is COCC(Nc1ncnc2cc(C(=O)C3C=CCN3)c(Cl)cc12)c1nc2cc(Br)ccc2[nH]1. The van der Waals surface area contributed by atoms with Crippen molar-refractivity contribution in [3.05, 3.63) is 69.7 Å². The number of hydrogen-bond acceptors (Lipinski definition) is 7. The average Bonchev–Trinajstić information content (AvgIpc) is 3.48. The van der Waals surface area contributed by atoms with E-state index in [9.17, 15) is 4.79 Å². The third-order valence-electron chi connectivity index (χ3n) is 5.49. The summed E-state index contributed by atoms with van der Waals surface area (Å²) in [6.45, 7) is 1.02. The molecular formula is C23H20BrClN6O2. The molecule has 1 aliphatic rings. The number of benzene rings is 2. The van der Waals surface area contributed by atoms with Gasteiger partial charge in [-0.1, -0.05) is 39.7 Å². The van der Waals surface area contributed by atoms with Crippen molar-refractivity contribution in [2.24, 2.45) is 0 Å². The first-order chi connectivity index (χ1) is 16.0. The Hall–Kier alpha value is -2.85. The van der Waals surface area contributed by atoms with E-state index in [1.165, 1.54) is 6.33 Å². The first-order valence-electron chi connectivity index (χ1n) is 10.3. The van der Waals surface area contributed by atoms with E-state index in [1.807, 2.05) is 30.4 Å². The van der Waals surface area contributed by atoms with E-state index < -0.39 is 0 Å². The number of carbonyl (C=O) groups excluding carboxylic acids is 1. The number of fused-ring (bicyclic) bond motifs is 2. The van der Waals surface area contributed by atoms with Gasteiger partial charge in [-0.05, 0) is 30.3 Å². The van der Waals surface area contributed by atoms with Gasteiger partial charge in [-0.2, -0.15) is 0 Å². The zero-order valence-electron chi connectivity index (χ0n) is 17.6. The predicted octanol–water partition coefficient (Wildman–Crippen LogP) is 4.43. The Kier molecular flexibility index (Phi) is 6.11. The molecule has 2 aromatic carbocycles. The van der Waals surface area contributed by atoms with Crippen LogP contribution in [0.5, 0.6) is 0 Å². The van der Waals surface area contributed by atoms with Gasteiger partial charge in [-0.25, -0.2) is 15.0 Å². The van der Waals surface area contributed by atoms with Crippen LogP contribution in [-0.2, 0) is 4.74 Å². The Morgan fingerprint density at radius 2 is 2.18 bits per heavy atom. The lowest BCUT2D eigenvalue weighted by Crippen LogP contribution is -2.31. The number of H-pyrrole nitrogens is 1. The minimum Gasteiger partial charge on any atom is -0.382 e. The number of methoxy groups -OCH3 is 1. The number of nitrogens with one attached hydrogen (secondary N) is 3. The molecule has 3 heterocycles. The quantitative estimate of drug-likeness (QED) is 0.241. The lowest BCUT2D eigenvalue weighted by molar-refractivity contribution is 0.0968. The fraction of sp³-hybridized carbons (Fsp3) is 0.217. The van der Waals surface area contributed by atoms with Crippen molar-refractivity contribution in [3.8, 4) is 0 Å². The molecule has 0 amide bonds. The van der Waals surface area contributed by atoms with Gasteiger partial charge in [0.05, 0.1) is 34.2 Å². The van der Waals surface area contributed by atoms with Crippen molar-refractivity contribution in [2.45, 2.75) is 12.1 Å². The second-order valence-electron chi connectivity index (χ2n) is 7.69. The van der Waals surface area contributed by atoms with Crippen molar-refractivity contribution in [1.82, 2.24) is 25.3 Å². The summed E-state index contributed by atoms with van der Waals surface area (Å²) in [4.78, 5) is 29.7. The van der Waals surface area contributed by atoms with Crippen LogP contribution >= 0.6 is 27.5 Å². The minimum absolute atomic E-state index is 0.0885. The topological polar surface area (TPSA) is 105 Å². The third-order valence-corrected chi connectivity index (χ3v) is 6.30. The molecule has 5 rings (SSSR count). The van der Waals surface area contributed by atoms with Crippen molar-refractivity contribution in [2.75, 3.05) is 25.6 Å². The van der Waals surface area contributed by atoms with Gasteiger partial charge in [0.2, 0.25) is 0 Å². The van der Waals surface area contributed by atoms with Gasteiger partial charge in [-0.15, -0.1) is 0 Å². The van der Waals surface area contributed by atoms with Gasteiger partial charge in [0, 0.05) is 29.1 Å². The molecule has 0 radical (unpaired) electrons. The molecule has 4 aromatic rings. The zero-order chi connectivity index (χ0) is 22.9. The Bertz CT molecular complexity index is 1390. The standard InChI is InChI=1S/C23H20BrClN6O2/c1-33-10-20(23-29-16-5-4-12(24)7-19(16)30-23)31-22-14-8-15(25)13(9-18(14)27-11-28-22)21(32)17-3-2-6-26-17/h2-5,7-9,11,17,20,26H,6,10H2,1H3,(H,29,30)(H,27,28,31). The highest BCUT2D eigenvalue weighted by molar-refractivity contribution is 9.10. The predicted molar refractivity (Wildman–Crippen MR) is 132 cm³/mol. The fourth-order valence-electron chi connectivity index (χ4n) is 3.88. The van der Waals surface area contributed by atoms with E-state index >= 15 is 0 Å². The molecule has 168 valence electrons. The average molecular weight is 528 g/mol. The zero-order valence-corrected chi connectivity index (χ0v) is 19.9. The number of hydrogen-bond donors (Lipinski definition) is 3. The summed E-state index contributed by atoms with van der Waals surface area (Å²) < 4.78 is 6.39. The van der Waals surface area contributed by atoms with E-state index in [0.29, 0.717) is 46.3 Å². The van der Waals surface area contributed by atoms with Gasteiger partial charge in [0.25, 0.3) is 0 Å². The number of ether oxygens (including phenoxy) is 1.